The number of nitriles is 1. The van der Waals surface area contributed by atoms with Gasteiger partial charge in [-0.3, -0.25) is 0 Å². The molecule has 2 nitrogen and oxygen atoms in total. The molecular formula is C9H6BrF2NOS. The van der Waals surface area contributed by atoms with Crippen molar-refractivity contribution < 1.29 is 13.9 Å². The number of benzene rings is 1. The van der Waals surface area contributed by atoms with Crippen LogP contribution in [-0.2, 0) is 0 Å². The fraction of sp³-hybridized carbons (Fsp3) is 0.222. The predicted molar refractivity (Wildman–Crippen MR) is 56.7 cm³/mol. The van der Waals surface area contributed by atoms with Gasteiger partial charge in [-0.05, 0) is 45.9 Å². The van der Waals surface area contributed by atoms with Crippen LogP contribution in [0.25, 0.3) is 0 Å². The van der Waals surface area contributed by atoms with Crippen molar-refractivity contribution in [3.05, 3.63) is 28.2 Å². The highest BCUT2D eigenvalue weighted by Crippen LogP contribution is 2.36. The third kappa shape index (κ3) is 3.45. The van der Waals surface area contributed by atoms with Gasteiger partial charge in [0.05, 0.1) is 5.56 Å². The van der Waals surface area contributed by atoms with E-state index in [4.69, 9.17) is 10.4 Å². The molecule has 0 aliphatic rings. The minimum absolute atomic E-state index is 0.256. The summed E-state index contributed by atoms with van der Waals surface area (Å²) in [5, 5.41) is 13.8. The smallest absolute Gasteiger partial charge is 0.320 e. The number of halogens is 3. The second-order valence-electron chi connectivity index (χ2n) is 2.65. The monoisotopic (exact) mass is 293 g/mol. The van der Waals surface area contributed by atoms with E-state index in [1.165, 1.54) is 18.2 Å². The van der Waals surface area contributed by atoms with Crippen LogP contribution in [-0.4, -0.2) is 17.0 Å². The summed E-state index contributed by atoms with van der Waals surface area (Å²) < 4.78 is 26.0. The largest absolute Gasteiger partial charge is 0.389 e. The fourth-order valence-corrected chi connectivity index (χ4v) is 2.20. The van der Waals surface area contributed by atoms with Crippen molar-refractivity contribution in [2.24, 2.45) is 0 Å². The van der Waals surface area contributed by atoms with E-state index >= 15 is 0 Å². The Morgan fingerprint density at radius 1 is 1.53 bits per heavy atom. The fourth-order valence-electron chi connectivity index (χ4n) is 0.855. The van der Waals surface area contributed by atoms with Crippen molar-refractivity contribution in [1.29, 1.82) is 5.26 Å². The lowest BCUT2D eigenvalue weighted by atomic mass is 10.2. The maximum absolute atomic E-state index is 12.8. The van der Waals surface area contributed by atoms with Crippen LogP contribution in [0.1, 0.15) is 5.56 Å². The first-order chi connectivity index (χ1) is 6.98. The Hall–Kier alpha value is -0.640. The number of aliphatic hydroxyl groups excluding tert-OH is 1. The molecule has 0 aliphatic carbocycles. The average molecular weight is 294 g/mol. The minimum Gasteiger partial charge on any atom is -0.389 e. The van der Waals surface area contributed by atoms with Gasteiger partial charge in [0.2, 0.25) is 0 Å². The zero-order valence-electron chi connectivity index (χ0n) is 7.38. The Balaban J connectivity index is 2.90. The molecule has 6 heteroatoms. The van der Waals surface area contributed by atoms with Crippen molar-refractivity contribution in [2.75, 3.05) is 6.61 Å². The van der Waals surface area contributed by atoms with Crippen LogP contribution in [0.3, 0.4) is 0 Å². The molecule has 1 aromatic carbocycles. The van der Waals surface area contributed by atoms with E-state index in [0.29, 0.717) is 14.9 Å². The molecule has 1 rings (SSSR count). The van der Waals surface area contributed by atoms with Gasteiger partial charge >= 0.3 is 5.25 Å². The molecule has 0 amide bonds. The maximum atomic E-state index is 12.8. The quantitative estimate of drug-likeness (QED) is 0.872. The number of nitrogens with zero attached hydrogens (tertiary/aromatic N) is 1. The maximum Gasteiger partial charge on any atom is 0.320 e. The third-order valence-electron chi connectivity index (χ3n) is 1.51. The Morgan fingerprint density at radius 3 is 2.67 bits per heavy atom. The summed E-state index contributed by atoms with van der Waals surface area (Å²) in [4.78, 5) is 0.292. The number of alkyl halides is 2. The predicted octanol–water partition coefficient (Wildman–Crippen LogP) is 3.00. The summed E-state index contributed by atoms with van der Waals surface area (Å²) in [6.07, 6.45) is 0. The van der Waals surface area contributed by atoms with Gasteiger partial charge in [0.15, 0.2) is 0 Å². The summed E-state index contributed by atoms with van der Waals surface area (Å²) >= 11 is 3.35. The molecule has 0 heterocycles. The van der Waals surface area contributed by atoms with Crippen molar-refractivity contribution in [3.8, 4) is 6.07 Å². The lowest BCUT2D eigenvalue weighted by molar-refractivity contribution is 0.0362. The van der Waals surface area contributed by atoms with Crippen LogP contribution in [0.5, 0.6) is 0 Å². The summed E-state index contributed by atoms with van der Waals surface area (Å²) in [6.45, 7) is -1.21. The number of hydrogen-bond donors (Lipinski definition) is 1. The Morgan fingerprint density at radius 2 is 2.20 bits per heavy atom. The SMILES string of the molecule is N#Cc1ccc(SC(F)(F)CO)cc1Br. The average Bonchev–Trinajstić information content (AvgIpc) is 2.17. The Labute approximate surface area is 98.0 Å². The van der Waals surface area contributed by atoms with Gasteiger partial charge in [0.25, 0.3) is 0 Å². The molecule has 0 saturated carbocycles. The van der Waals surface area contributed by atoms with E-state index in [9.17, 15) is 8.78 Å². The number of hydrogen-bond acceptors (Lipinski definition) is 3. The summed E-state index contributed by atoms with van der Waals surface area (Å²) in [6, 6.07) is 6.19. The van der Waals surface area contributed by atoms with Crippen molar-refractivity contribution in [1.82, 2.24) is 0 Å². The first-order valence-corrected chi connectivity index (χ1v) is 5.47. The highest BCUT2D eigenvalue weighted by Gasteiger charge is 2.29. The lowest BCUT2D eigenvalue weighted by Crippen LogP contribution is -2.15. The topological polar surface area (TPSA) is 44.0 Å². The molecule has 1 N–H and O–H groups in total. The highest BCUT2D eigenvalue weighted by molar-refractivity contribution is 9.10. The van der Waals surface area contributed by atoms with E-state index in [1.807, 2.05) is 6.07 Å². The number of thioether (sulfide) groups is 1. The zero-order chi connectivity index (χ0) is 11.5. The van der Waals surface area contributed by atoms with Crippen LogP contribution in [0.2, 0.25) is 0 Å². The van der Waals surface area contributed by atoms with Gasteiger partial charge in [-0.1, -0.05) is 0 Å². The second kappa shape index (κ2) is 4.92. The normalized spacial score (nSPS) is 11.1. The van der Waals surface area contributed by atoms with Gasteiger partial charge in [0.1, 0.15) is 12.7 Å². The highest BCUT2D eigenvalue weighted by atomic mass is 79.9. The van der Waals surface area contributed by atoms with Gasteiger partial charge in [-0.25, -0.2) is 0 Å². The molecule has 0 saturated heterocycles. The molecule has 0 unspecified atom stereocenters. The number of rotatable bonds is 3. The standard InChI is InChI=1S/C9H6BrF2NOS/c10-8-3-7(2-1-6(8)4-13)15-9(11,12)5-14/h1-3,14H,5H2. The van der Waals surface area contributed by atoms with Crippen LogP contribution in [0.4, 0.5) is 8.78 Å². The van der Waals surface area contributed by atoms with Crippen LogP contribution >= 0.6 is 27.7 Å². The van der Waals surface area contributed by atoms with E-state index in [-0.39, 0.29) is 11.8 Å². The zero-order valence-corrected chi connectivity index (χ0v) is 9.78. The van der Waals surface area contributed by atoms with Gasteiger partial charge in [-0.15, -0.1) is 0 Å². The molecule has 0 radical (unpaired) electrons. The van der Waals surface area contributed by atoms with Crippen LogP contribution < -0.4 is 0 Å². The van der Waals surface area contributed by atoms with Gasteiger partial charge < -0.3 is 5.11 Å². The molecular weight excluding hydrogens is 288 g/mol. The molecule has 0 bridgehead atoms. The van der Waals surface area contributed by atoms with Crippen molar-refractivity contribution >= 4 is 27.7 Å². The summed E-state index contributed by atoms with van der Waals surface area (Å²) in [5.41, 5.74) is 0.381. The van der Waals surface area contributed by atoms with E-state index in [1.54, 1.807) is 0 Å². The Bertz CT molecular complexity index is 406. The van der Waals surface area contributed by atoms with E-state index < -0.39 is 11.9 Å². The van der Waals surface area contributed by atoms with Crippen LogP contribution in [0.15, 0.2) is 27.6 Å². The van der Waals surface area contributed by atoms with Crippen molar-refractivity contribution in [3.63, 3.8) is 0 Å². The second-order valence-corrected chi connectivity index (χ2v) is 4.78. The van der Waals surface area contributed by atoms with Crippen LogP contribution in [0, 0.1) is 11.3 Å². The Kier molecular flexibility index (Phi) is 4.08. The van der Waals surface area contributed by atoms with Gasteiger partial charge in [0, 0.05) is 9.37 Å². The first kappa shape index (κ1) is 12.4. The first-order valence-electron chi connectivity index (χ1n) is 3.86. The third-order valence-corrected chi connectivity index (χ3v) is 3.09. The molecule has 1 aromatic rings. The molecule has 0 atom stereocenters. The van der Waals surface area contributed by atoms with E-state index in [0.717, 1.165) is 0 Å². The molecule has 0 aromatic heterocycles. The lowest BCUT2D eigenvalue weighted by Gasteiger charge is -2.12. The molecule has 0 aliphatic heterocycles. The molecule has 15 heavy (non-hydrogen) atoms. The molecule has 80 valence electrons. The van der Waals surface area contributed by atoms with Gasteiger partial charge in [-0.2, -0.15) is 14.0 Å². The summed E-state index contributed by atoms with van der Waals surface area (Å²) in [5.74, 6) is 0. The molecule has 0 fully saturated rings. The molecule has 0 spiro atoms. The summed E-state index contributed by atoms with van der Waals surface area (Å²) in [7, 11) is 0. The minimum atomic E-state index is -3.20. The van der Waals surface area contributed by atoms with E-state index in [2.05, 4.69) is 15.9 Å². The van der Waals surface area contributed by atoms with Crippen molar-refractivity contribution in [2.45, 2.75) is 10.2 Å². The number of aliphatic hydroxyl groups is 1.